The summed E-state index contributed by atoms with van der Waals surface area (Å²) in [6.45, 7) is 9.32. The number of hydrogen-bond acceptors (Lipinski definition) is 2. The molecule has 0 spiro atoms. The van der Waals surface area contributed by atoms with Crippen LogP contribution >= 0.6 is 0 Å². The van der Waals surface area contributed by atoms with E-state index in [-0.39, 0.29) is 22.4 Å². The van der Waals surface area contributed by atoms with E-state index in [0.717, 1.165) is 23.2 Å². The predicted molar refractivity (Wildman–Crippen MR) is 107 cm³/mol. The maximum absolute atomic E-state index is 13.0. The number of aromatic nitrogens is 2. The highest BCUT2D eigenvalue weighted by Gasteiger charge is 2.27. The summed E-state index contributed by atoms with van der Waals surface area (Å²) >= 11 is 0. The molecule has 3 heterocycles. The molecule has 1 aliphatic rings. The third-order valence-corrected chi connectivity index (χ3v) is 5.45. The summed E-state index contributed by atoms with van der Waals surface area (Å²) in [5.41, 5.74) is 5.27. The number of hydrogen-bond donors (Lipinski definition) is 2. The lowest BCUT2D eigenvalue weighted by atomic mass is 9.91. The normalized spacial score (nSPS) is 14.4. The highest BCUT2D eigenvalue weighted by molar-refractivity contribution is 5.95. The Hall–Kier alpha value is -2.82. The van der Waals surface area contributed by atoms with Crippen molar-refractivity contribution < 1.29 is 4.79 Å². The van der Waals surface area contributed by atoms with Gasteiger partial charge in [-0.25, -0.2) is 0 Å². The average molecular weight is 363 g/mol. The molecule has 0 saturated carbocycles. The number of benzene rings is 1. The SMILES string of the molecule is Cc1cccc2c3c([nH]c12)CCN(C(=O)c1ccc(C(C)(C)C)[nH]c1=O)C3. The zero-order valence-corrected chi connectivity index (χ0v) is 16.3. The minimum absolute atomic E-state index is 0.164. The molecule has 0 radical (unpaired) electrons. The van der Waals surface area contributed by atoms with Gasteiger partial charge in [-0.15, -0.1) is 0 Å². The van der Waals surface area contributed by atoms with Gasteiger partial charge in [0, 0.05) is 52.8 Å². The summed E-state index contributed by atoms with van der Waals surface area (Å²) in [6.07, 6.45) is 0.771. The van der Waals surface area contributed by atoms with Crippen LogP contribution < -0.4 is 5.56 Å². The number of rotatable bonds is 1. The fraction of sp³-hybridized carbons (Fsp3) is 0.364. The third kappa shape index (κ3) is 2.97. The van der Waals surface area contributed by atoms with Crippen molar-refractivity contribution in [3.05, 3.63) is 68.8 Å². The molecular weight excluding hydrogens is 338 g/mol. The van der Waals surface area contributed by atoms with Crippen molar-refractivity contribution in [3.8, 4) is 0 Å². The van der Waals surface area contributed by atoms with E-state index < -0.39 is 0 Å². The van der Waals surface area contributed by atoms with Gasteiger partial charge in [0.05, 0.1) is 0 Å². The van der Waals surface area contributed by atoms with Gasteiger partial charge in [0.2, 0.25) is 0 Å². The second-order valence-corrected chi connectivity index (χ2v) is 8.42. The molecule has 0 fully saturated rings. The molecular formula is C22H25N3O2. The standard InChI is InChI=1S/C22H25N3O2/c1-13-6-5-7-14-16-12-25(11-10-17(16)23-19(13)14)21(27)15-8-9-18(22(2,3)4)24-20(15)26/h5-9,23H,10-12H2,1-4H3,(H,24,26). The molecule has 140 valence electrons. The monoisotopic (exact) mass is 363 g/mol. The summed E-state index contributed by atoms with van der Waals surface area (Å²) in [6, 6.07) is 9.73. The quantitative estimate of drug-likeness (QED) is 0.693. The van der Waals surface area contributed by atoms with Crippen LogP contribution in [0, 0.1) is 6.92 Å². The first-order valence-electron chi connectivity index (χ1n) is 9.38. The van der Waals surface area contributed by atoms with E-state index in [4.69, 9.17) is 0 Å². The number of pyridine rings is 1. The molecule has 0 unspecified atom stereocenters. The molecule has 1 aromatic carbocycles. The summed E-state index contributed by atoms with van der Waals surface area (Å²) in [7, 11) is 0. The van der Waals surface area contributed by atoms with E-state index in [0.29, 0.717) is 13.1 Å². The number of carbonyl (C=O) groups is 1. The Morgan fingerprint density at radius 2 is 1.89 bits per heavy atom. The van der Waals surface area contributed by atoms with Crippen LogP contribution in [0.2, 0.25) is 0 Å². The van der Waals surface area contributed by atoms with Crippen molar-refractivity contribution >= 4 is 16.8 Å². The first kappa shape index (κ1) is 17.6. The number of nitrogens with zero attached hydrogens (tertiary/aromatic N) is 1. The van der Waals surface area contributed by atoms with E-state index in [9.17, 15) is 9.59 Å². The molecule has 4 rings (SSSR count). The second-order valence-electron chi connectivity index (χ2n) is 8.42. The molecule has 0 atom stereocenters. The van der Waals surface area contributed by atoms with Gasteiger partial charge in [-0.1, -0.05) is 39.0 Å². The van der Waals surface area contributed by atoms with Crippen molar-refractivity contribution in [2.24, 2.45) is 0 Å². The fourth-order valence-corrected chi connectivity index (χ4v) is 3.81. The second kappa shape index (κ2) is 6.12. The Kier molecular flexibility index (Phi) is 3.98. The topological polar surface area (TPSA) is 69.0 Å². The van der Waals surface area contributed by atoms with Gasteiger partial charge in [0.1, 0.15) is 5.56 Å². The number of para-hydroxylation sites is 1. The van der Waals surface area contributed by atoms with E-state index in [2.05, 4.69) is 29.0 Å². The largest absolute Gasteiger partial charge is 0.358 e. The van der Waals surface area contributed by atoms with Gasteiger partial charge in [0.25, 0.3) is 11.5 Å². The molecule has 2 aromatic heterocycles. The molecule has 2 N–H and O–H groups in total. The lowest BCUT2D eigenvalue weighted by Gasteiger charge is -2.27. The van der Waals surface area contributed by atoms with Crippen molar-refractivity contribution in [3.63, 3.8) is 0 Å². The molecule has 0 bridgehead atoms. The van der Waals surface area contributed by atoms with Crippen LogP contribution in [0.3, 0.4) is 0 Å². The van der Waals surface area contributed by atoms with Crippen LogP contribution in [0.1, 0.15) is 53.6 Å². The first-order valence-corrected chi connectivity index (χ1v) is 9.38. The molecule has 1 aliphatic heterocycles. The van der Waals surface area contributed by atoms with E-state index in [1.165, 1.54) is 16.6 Å². The van der Waals surface area contributed by atoms with E-state index in [1.54, 1.807) is 11.0 Å². The zero-order valence-electron chi connectivity index (χ0n) is 16.3. The maximum Gasteiger partial charge on any atom is 0.261 e. The third-order valence-electron chi connectivity index (χ3n) is 5.45. The molecule has 3 aromatic rings. The summed E-state index contributed by atoms with van der Waals surface area (Å²) in [4.78, 5) is 33.7. The van der Waals surface area contributed by atoms with Gasteiger partial charge in [-0.2, -0.15) is 0 Å². The number of H-pyrrole nitrogens is 2. The number of aryl methyl sites for hydroxylation is 1. The molecule has 1 amide bonds. The Balaban J connectivity index is 1.66. The molecule has 5 heteroatoms. The Morgan fingerprint density at radius 1 is 1.11 bits per heavy atom. The summed E-state index contributed by atoms with van der Waals surface area (Å²) < 4.78 is 0. The van der Waals surface area contributed by atoms with Crippen molar-refractivity contribution in [1.29, 1.82) is 0 Å². The first-order chi connectivity index (χ1) is 12.8. The summed E-state index contributed by atoms with van der Waals surface area (Å²) in [5, 5.41) is 1.17. The smallest absolute Gasteiger partial charge is 0.261 e. The van der Waals surface area contributed by atoms with E-state index >= 15 is 0 Å². The van der Waals surface area contributed by atoms with Crippen molar-refractivity contribution in [2.45, 2.75) is 46.1 Å². The maximum atomic E-state index is 13.0. The number of amides is 1. The summed E-state index contributed by atoms with van der Waals surface area (Å²) in [5.74, 6) is -0.204. The zero-order chi connectivity index (χ0) is 19.3. The highest BCUT2D eigenvalue weighted by Crippen LogP contribution is 2.30. The molecule has 0 saturated heterocycles. The van der Waals surface area contributed by atoms with Gasteiger partial charge in [-0.3, -0.25) is 9.59 Å². The lowest BCUT2D eigenvalue weighted by molar-refractivity contribution is 0.0733. The number of fused-ring (bicyclic) bond motifs is 3. The fourth-order valence-electron chi connectivity index (χ4n) is 3.81. The number of nitrogens with one attached hydrogen (secondary N) is 2. The number of carbonyl (C=O) groups excluding carboxylic acids is 1. The van der Waals surface area contributed by atoms with Crippen molar-refractivity contribution in [2.75, 3.05) is 6.54 Å². The van der Waals surface area contributed by atoms with Crippen LogP contribution in [-0.2, 0) is 18.4 Å². The Morgan fingerprint density at radius 3 is 2.59 bits per heavy atom. The molecule has 27 heavy (non-hydrogen) atoms. The highest BCUT2D eigenvalue weighted by atomic mass is 16.2. The van der Waals surface area contributed by atoms with Crippen LogP contribution in [0.25, 0.3) is 10.9 Å². The lowest BCUT2D eigenvalue weighted by Crippen LogP contribution is -2.38. The average Bonchev–Trinajstić information content (AvgIpc) is 3.00. The van der Waals surface area contributed by atoms with Gasteiger partial charge in [0.15, 0.2) is 0 Å². The van der Waals surface area contributed by atoms with Gasteiger partial charge in [-0.05, 0) is 24.6 Å². The van der Waals surface area contributed by atoms with E-state index in [1.807, 2.05) is 32.9 Å². The number of aromatic amines is 2. The molecule has 0 aliphatic carbocycles. The van der Waals surface area contributed by atoms with Crippen LogP contribution in [0.5, 0.6) is 0 Å². The minimum atomic E-state index is -0.312. The predicted octanol–water partition coefficient (Wildman–Crippen LogP) is 3.66. The molecule has 5 nitrogen and oxygen atoms in total. The van der Waals surface area contributed by atoms with Gasteiger partial charge >= 0.3 is 0 Å². The minimum Gasteiger partial charge on any atom is -0.358 e. The Bertz CT molecular complexity index is 1100. The van der Waals surface area contributed by atoms with Crippen LogP contribution in [0.4, 0.5) is 0 Å². The Labute approximate surface area is 158 Å². The van der Waals surface area contributed by atoms with Crippen LogP contribution in [-0.4, -0.2) is 27.3 Å². The van der Waals surface area contributed by atoms with Crippen molar-refractivity contribution in [1.82, 2.24) is 14.9 Å². The van der Waals surface area contributed by atoms with Crippen LogP contribution in [0.15, 0.2) is 35.1 Å². The van der Waals surface area contributed by atoms with Gasteiger partial charge < -0.3 is 14.9 Å².